The Morgan fingerprint density at radius 2 is 1.94 bits per heavy atom. The normalized spacial score (nSPS) is 20.5. The molecule has 1 aromatic carbocycles. The summed E-state index contributed by atoms with van der Waals surface area (Å²) >= 11 is 6.33. The topological polar surface area (TPSA) is 81.4 Å². The molecule has 7 heteroatoms. The molecule has 0 unspecified atom stereocenters. The monoisotopic (exact) mass is 514 g/mol. The lowest BCUT2D eigenvalue weighted by molar-refractivity contribution is -0.141. The van der Waals surface area contributed by atoms with E-state index < -0.39 is 0 Å². The second-order valence-corrected chi connectivity index (χ2v) is 12.4. The number of hydrogen-bond donors (Lipinski definition) is 1. The molecule has 36 heavy (non-hydrogen) atoms. The molecule has 6 nitrogen and oxygen atoms in total. The fourth-order valence-corrected chi connectivity index (χ4v) is 5.83. The van der Waals surface area contributed by atoms with Crippen LogP contribution in [0.15, 0.2) is 22.7 Å². The molecular formula is C29H39ClN2O4. The largest absolute Gasteiger partial charge is 0.469 e. The highest BCUT2D eigenvalue weighted by molar-refractivity contribution is 6.33. The van der Waals surface area contributed by atoms with E-state index in [1.165, 1.54) is 19.1 Å². The van der Waals surface area contributed by atoms with Crippen LogP contribution < -0.4 is 5.32 Å². The molecule has 4 rings (SSSR count). The van der Waals surface area contributed by atoms with Crippen LogP contribution in [0.1, 0.15) is 112 Å². The first-order valence-electron chi connectivity index (χ1n) is 13.2. The third-order valence-electron chi connectivity index (χ3n) is 7.42. The summed E-state index contributed by atoms with van der Waals surface area (Å²) in [5.74, 6) is 1.66. The van der Waals surface area contributed by atoms with E-state index in [4.69, 9.17) is 20.9 Å². The number of nitrogens with zero attached hydrogens (tertiary/aromatic N) is 1. The number of aryl methyl sites for hydroxylation is 1. The minimum atomic E-state index is -0.293. The summed E-state index contributed by atoms with van der Waals surface area (Å²) in [6.45, 7) is 8.84. The Kier molecular flexibility index (Phi) is 8.13. The number of carbonyl (C=O) groups excluding carboxylic acids is 2. The molecule has 0 aliphatic heterocycles. The summed E-state index contributed by atoms with van der Waals surface area (Å²) in [6, 6.07) is 5.55. The number of hydrogen-bond acceptors (Lipinski definition) is 5. The Hall–Kier alpha value is -2.34. The molecule has 0 bridgehead atoms. The molecule has 1 atom stereocenters. The van der Waals surface area contributed by atoms with E-state index in [-0.39, 0.29) is 30.6 Å². The van der Waals surface area contributed by atoms with Gasteiger partial charge in [-0.3, -0.25) is 9.59 Å². The van der Waals surface area contributed by atoms with E-state index in [1.807, 2.05) is 25.1 Å². The summed E-state index contributed by atoms with van der Waals surface area (Å²) in [5, 5.41) is 8.01. The first-order chi connectivity index (χ1) is 17.0. The number of aromatic nitrogens is 1. The molecular weight excluding hydrogens is 476 g/mol. The molecule has 1 heterocycles. The van der Waals surface area contributed by atoms with Gasteiger partial charge in [0.15, 0.2) is 0 Å². The van der Waals surface area contributed by atoms with Crippen LogP contribution in [-0.2, 0) is 14.3 Å². The van der Waals surface area contributed by atoms with Crippen molar-refractivity contribution >= 4 is 29.2 Å². The summed E-state index contributed by atoms with van der Waals surface area (Å²) in [7, 11) is 1.39. The number of amides is 1. The van der Waals surface area contributed by atoms with Crippen molar-refractivity contribution in [3.63, 3.8) is 0 Å². The van der Waals surface area contributed by atoms with E-state index in [0.29, 0.717) is 34.4 Å². The van der Waals surface area contributed by atoms with Crippen molar-refractivity contribution in [2.45, 2.75) is 96.8 Å². The van der Waals surface area contributed by atoms with E-state index in [2.05, 4.69) is 31.2 Å². The molecule has 2 aliphatic rings. The second-order valence-electron chi connectivity index (χ2n) is 12.0. The van der Waals surface area contributed by atoms with Crippen LogP contribution in [0.25, 0.3) is 0 Å². The standard InChI is InChI=1S/C29H39ClN2O4/c1-17-6-10-23(22(30)12-17)31-24(33)15-20(9-11-25(34)35-5)28-26(19-7-8-19)27(32-36-28)21-13-18(14-21)16-29(2,3)4/h6,10,12,18-21H,7-9,11,13-16H2,1-5H3,(H,31,33)/t18?,20-,21?/m0/s1. The van der Waals surface area contributed by atoms with E-state index in [9.17, 15) is 9.59 Å². The van der Waals surface area contributed by atoms with Gasteiger partial charge in [-0.15, -0.1) is 0 Å². The number of anilines is 1. The maximum Gasteiger partial charge on any atom is 0.305 e. The molecule has 0 saturated heterocycles. The van der Waals surface area contributed by atoms with Gasteiger partial charge in [0.1, 0.15) is 5.76 Å². The van der Waals surface area contributed by atoms with Gasteiger partial charge in [-0.1, -0.05) is 43.6 Å². The quantitative estimate of drug-likeness (QED) is 0.332. The van der Waals surface area contributed by atoms with E-state index in [0.717, 1.165) is 48.6 Å². The van der Waals surface area contributed by atoms with Gasteiger partial charge >= 0.3 is 5.97 Å². The zero-order valence-corrected chi connectivity index (χ0v) is 22.9. The maximum atomic E-state index is 13.1. The summed E-state index contributed by atoms with van der Waals surface area (Å²) in [6.07, 6.45) is 6.61. The van der Waals surface area contributed by atoms with Crippen LogP contribution in [0.4, 0.5) is 5.69 Å². The number of benzene rings is 1. The lowest BCUT2D eigenvalue weighted by Gasteiger charge is -2.38. The van der Waals surface area contributed by atoms with E-state index >= 15 is 0 Å². The number of esters is 1. The Balaban J connectivity index is 1.52. The average Bonchev–Trinajstić information content (AvgIpc) is 3.53. The maximum absolute atomic E-state index is 13.1. The Bertz CT molecular complexity index is 1090. The summed E-state index contributed by atoms with van der Waals surface area (Å²) < 4.78 is 10.9. The van der Waals surface area contributed by atoms with Crippen LogP contribution in [-0.4, -0.2) is 24.1 Å². The van der Waals surface area contributed by atoms with Gasteiger partial charge in [0.2, 0.25) is 5.91 Å². The molecule has 1 N–H and O–H groups in total. The van der Waals surface area contributed by atoms with Gasteiger partial charge in [-0.05, 0) is 80.4 Å². The summed E-state index contributed by atoms with van der Waals surface area (Å²) in [4.78, 5) is 25.0. The molecule has 2 fully saturated rings. The van der Waals surface area contributed by atoms with Gasteiger partial charge < -0.3 is 14.6 Å². The fraction of sp³-hybridized carbons (Fsp3) is 0.621. The van der Waals surface area contributed by atoms with Crippen molar-refractivity contribution in [3.05, 3.63) is 45.8 Å². The van der Waals surface area contributed by atoms with Gasteiger partial charge in [0, 0.05) is 30.2 Å². The Labute approximate surface area is 219 Å². The van der Waals surface area contributed by atoms with Crippen LogP contribution in [0.3, 0.4) is 0 Å². The lowest BCUT2D eigenvalue weighted by atomic mass is 9.66. The van der Waals surface area contributed by atoms with Gasteiger partial charge in [0.25, 0.3) is 0 Å². The van der Waals surface area contributed by atoms with Crippen LogP contribution in [0.5, 0.6) is 0 Å². The predicted molar refractivity (Wildman–Crippen MR) is 141 cm³/mol. The lowest BCUT2D eigenvalue weighted by Crippen LogP contribution is -2.27. The van der Waals surface area contributed by atoms with Crippen molar-refractivity contribution in [1.82, 2.24) is 5.16 Å². The minimum absolute atomic E-state index is 0.163. The van der Waals surface area contributed by atoms with Gasteiger partial charge in [-0.25, -0.2) is 0 Å². The molecule has 196 valence electrons. The van der Waals surface area contributed by atoms with Crippen molar-refractivity contribution < 1.29 is 18.8 Å². The molecule has 2 saturated carbocycles. The number of ether oxygens (including phenoxy) is 1. The van der Waals surface area contributed by atoms with Crippen LogP contribution >= 0.6 is 11.6 Å². The second kappa shape index (κ2) is 11.0. The van der Waals surface area contributed by atoms with Crippen molar-refractivity contribution in [2.75, 3.05) is 12.4 Å². The van der Waals surface area contributed by atoms with Crippen molar-refractivity contribution in [3.8, 4) is 0 Å². The van der Waals surface area contributed by atoms with Crippen molar-refractivity contribution in [2.24, 2.45) is 11.3 Å². The van der Waals surface area contributed by atoms with Gasteiger partial charge in [-0.2, -0.15) is 0 Å². The number of nitrogens with one attached hydrogen (secondary N) is 1. The third kappa shape index (κ3) is 6.70. The van der Waals surface area contributed by atoms with Crippen molar-refractivity contribution in [1.29, 1.82) is 0 Å². The highest BCUT2D eigenvalue weighted by Crippen LogP contribution is 2.53. The summed E-state index contributed by atoms with van der Waals surface area (Å²) in [5.41, 5.74) is 4.22. The number of methoxy groups -OCH3 is 1. The molecule has 1 aromatic heterocycles. The molecule has 0 radical (unpaired) electrons. The number of rotatable bonds is 10. The SMILES string of the molecule is COC(=O)CC[C@@H](CC(=O)Nc1ccc(C)cc1Cl)c1onc(C2CC(CC(C)(C)C)C2)c1C1CC1. The highest BCUT2D eigenvalue weighted by Gasteiger charge is 2.42. The van der Waals surface area contributed by atoms with E-state index in [1.54, 1.807) is 0 Å². The number of halogens is 1. The number of carbonyl (C=O) groups is 2. The zero-order valence-electron chi connectivity index (χ0n) is 22.2. The smallest absolute Gasteiger partial charge is 0.305 e. The first kappa shape index (κ1) is 26.7. The third-order valence-corrected chi connectivity index (χ3v) is 7.73. The molecule has 2 aliphatic carbocycles. The predicted octanol–water partition coefficient (Wildman–Crippen LogP) is 7.51. The first-order valence-corrected chi connectivity index (χ1v) is 13.5. The fourth-order valence-electron chi connectivity index (χ4n) is 5.55. The zero-order chi connectivity index (χ0) is 26.0. The minimum Gasteiger partial charge on any atom is -0.469 e. The average molecular weight is 515 g/mol. The van der Waals surface area contributed by atoms with Crippen LogP contribution in [0.2, 0.25) is 5.02 Å². The Morgan fingerprint density at radius 3 is 2.56 bits per heavy atom. The molecule has 1 amide bonds. The van der Waals surface area contributed by atoms with Crippen LogP contribution in [0, 0.1) is 18.3 Å². The highest BCUT2D eigenvalue weighted by atomic mass is 35.5. The molecule has 2 aromatic rings. The molecule has 0 spiro atoms. The van der Waals surface area contributed by atoms with Gasteiger partial charge in [0.05, 0.1) is 23.5 Å². The Morgan fingerprint density at radius 1 is 1.22 bits per heavy atom.